The Bertz CT molecular complexity index is 462. The van der Waals surface area contributed by atoms with Crippen LogP contribution in [0.3, 0.4) is 0 Å². The van der Waals surface area contributed by atoms with E-state index in [0.717, 1.165) is 0 Å². The Balaban J connectivity index is 2.78. The number of rotatable bonds is 1. The normalized spacial score (nSPS) is 11.5. The van der Waals surface area contributed by atoms with Crippen molar-refractivity contribution >= 4 is 17.1 Å². The quantitative estimate of drug-likeness (QED) is 0.392. The van der Waals surface area contributed by atoms with E-state index in [9.17, 15) is 4.39 Å². The lowest BCUT2D eigenvalue weighted by molar-refractivity contribution is 0.322. The summed E-state index contributed by atoms with van der Waals surface area (Å²) in [5.74, 6) is -0.325. The molecule has 0 aliphatic carbocycles. The summed E-state index contributed by atoms with van der Waals surface area (Å²) in [6, 6.07) is 4.74. The molecule has 0 radical (unpaired) electrons. The fourth-order valence-electron chi connectivity index (χ4n) is 1.33. The second-order valence-corrected chi connectivity index (χ2v) is 2.65. The number of hydrogen-bond donors (Lipinski definition) is 2. The molecule has 3 nitrogen and oxygen atoms in total. The third-order valence-corrected chi connectivity index (χ3v) is 1.88. The maximum atomic E-state index is 13.2. The van der Waals surface area contributed by atoms with E-state index in [4.69, 9.17) is 5.21 Å². The van der Waals surface area contributed by atoms with Gasteiger partial charge >= 0.3 is 0 Å². The second kappa shape index (κ2) is 2.90. The van der Waals surface area contributed by atoms with Crippen LogP contribution < -0.4 is 0 Å². The molecule has 0 fully saturated rings. The monoisotopic (exact) mass is 178 g/mol. The number of fused-ring (bicyclic) bond motifs is 1. The highest BCUT2D eigenvalue weighted by Gasteiger charge is 2.05. The Hall–Kier alpha value is -1.84. The van der Waals surface area contributed by atoms with Crippen LogP contribution in [-0.2, 0) is 0 Å². The van der Waals surface area contributed by atoms with Crippen LogP contribution in [0.1, 0.15) is 5.56 Å². The first kappa shape index (κ1) is 7.79. The van der Waals surface area contributed by atoms with Crippen LogP contribution in [0, 0.1) is 5.82 Å². The summed E-state index contributed by atoms with van der Waals surface area (Å²) in [6.45, 7) is 0. The van der Waals surface area contributed by atoms with Crippen molar-refractivity contribution in [1.29, 1.82) is 0 Å². The first-order valence-corrected chi connectivity index (χ1v) is 3.76. The smallest absolute Gasteiger partial charge is 0.133 e. The summed E-state index contributed by atoms with van der Waals surface area (Å²) in [4.78, 5) is 2.87. The van der Waals surface area contributed by atoms with Crippen LogP contribution in [0.4, 0.5) is 4.39 Å². The maximum absolute atomic E-state index is 13.2. The molecule has 0 bridgehead atoms. The van der Waals surface area contributed by atoms with Gasteiger partial charge in [-0.3, -0.25) is 0 Å². The average molecular weight is 178 g/mol. The van der Waals surface area contributed by atoms with E-state index >= 15 is 0 Å². The minimum Gasteiger partial charge on any atom is -0.411 e. The summed E-state index contributed by atoms with van der Waals surface area (Å²) >= 11 is 0. The highest BCUT2D eigenvalue weighted by Crippen LogP contribution is 2.19. The molecular formula is C9H7FN2O. The zero-order chi connectivity index (χ0) is 9.26. The van der Waals surface area contributed by atoms with Crippen molar-refractivity contribution in [1.82, 2.24) is 4.98 Å². The summed E-state index contributed by atoms with van der Waals surface area (Å²) in [5.41, 5.74) is 1.23. The standard InChI is InChI=1S/C9H7FN2O/c10-7-2-1-3-8-9(7)6(4-11-8)5-12-13/h1-5,11,13H/b12-5-. The molecule has 2 rings (SSSR count). The first-order valence-electron chi connectivity index (χ1n) is 3.76. The van der Waals surface area contributed by atoms with Gasteiger partial charge in [0.25, 0.3) is 0 Å². The highest BCUT2D eigenvalue weighted by molar-refractivity contribution is 5.99. The first-order chi connectivity index (χ1) is 6.33. The van der Waals surface area contributed by atoms with Gasteiger partial charge in [-0.25, -0.2) is 4.39 Å². The van der Waals surface area contributed by atoms with Gasteiger partial charge in [-0.05, 0) is 12.1 Å². The number of aromatic nitrogens is 1. The van der Waals surface area contributed by atoms with E-state index in [-0.39, 0.29) is 5.82 Å². The van der Waals surface area contributed by atoms with Gasteiger partial charge in [0.2, 0.25) is 0 Å². The SMILES string of the molecule is O/N=C\c1c[nH]c2cccc(F)c12. The lowest BCUT2D eigenvalue weighted by Crippen LogP contribution is -1.81. The minimum absolute atomic E-state index is 0.325. The van der Waals surface area contributed by atoms with Gasteiger partial charge in [0, 0.05) is 22.7 Å². The Morgan fingerprint density at radius 2 is 2.31 bits per heavy atom. The largest absolute Gasteiger partial charge is 0.411 e. The van der Waals surface area contributed by atoms with Crippen molar-refractivity contribution in [2.45, 2.75) is 0 Å². The molecule has 0 aliphatic rings. The zero-order valence-corrected chi connectivity index (χ0v) is 6.66. The third kappa shape index (κ3) is 1.16. The number of halogens is 1. The van der Waals surface area contributed by atoms with Crippen LogP contribution in [0.15, 0.2) is 29.6 Å². The van der Waals surface area contributed by atoms with Crippen LogP contribution in [0.5, 0.6) is 0 Å². The Morgan fingerprint density at radius 1 is 1.46 bits per heavy atom. The fourth-order valence-corrected chi connectivity index (χ4v) is 1.33. The molecule has 0 spiro atoms. The van der Waals surface area contributed by atoms with Crippen molar-refractivity contribution in [3.8, 4) is 0 Å². The lowest BCUT2D eigenvalue weighted by Gasteiger charge is -1.92. The molecule has 0 aliphatic heterocycles. The second-order valence-electron chi connectivity index (χ2n) is 2.65. The molecule has 1 aromatic heterocycles. The molecule has 0 saturated heterocycles. The summed E-state index contributed by atoms with van der Waals surface area (Å²) < 4.78 is 13.2. The predicted molar refractivity (Wildman–Crippen MR) is 47.6 cm³/mol. The van der Waals surface area contributed by atoms with E-state index < -0.39 is 0 Å². The van der Waals surface area contributed by atoms with Gasteiger partial charge in [-0.1, -0.05) is 11.2 Å². The maximum Gasteiger partial charge on any atom is 0.133 e. The van der Waals surface area contributed by atoms with Gasteiger partial charge in [0.15, 0.2) is 0 Å². The Labute approximate surface area is 73.5 Å². The van der Waals surface area contributed by atoms with Gasteiger partial charge in [0.1, 0.15) is 5.82 Å². The summed E-state index contributed by atoms with van der Waals surface area (Å²) in [7, 11) is 0. The molecule has 0 amide bonds. The third-order valence-electron chi connectivity index (χ3n) is 1.88. The molecule has 0 unspecified atom stereocenters. The van der Waals surface area contributed by atoms with E-state index in [1.807, 2.05) is 0 Å². The molecule has 4 heteroatoms. The molecule has 13 heavy (non-hydrogen) atoms. The van der Waals surface area contributed by atoms with E-state index in [2.05, 4.69) is 10.1 Å². The molecular weight excluding hydrogens is 171 g/mol. The van der Waals surface area contributed by atoms with Crippen molar-refractivity contribution in [2.24, 2.45) is 5.16 Å². The lowest BCUT2D eigenvalue weighted by atomic mass is 10.2. The zero-order valence-electron chi connectivity index (χ0n) is 6.66. The molecule has 0 saturated carbocycles. The predicted octanol–water partition coefficient (Wildman–Crippen LogP) is 2.12. The summed E-state index contributed by atoms with van der Waals surface area (Å²) in [5, 5.41) is 11.6. The Kier molecular flexibility index (Phi) is 1.73. The average Bonchev–Trinajstić information content (AvgIpc) is 2.51. The number of oxime groups is 1. The van der Waals surface area contributed by atoms with E-state index in [0.29, 0.717) is 16.5 Å². The number of nitrogens with one attached hydrogen (secondary N) is 1. The van der Waals surface area contributed by atoms with E-state index in [1.54, 1.807) is 18.3 Å². The van der Waals surface area contributed by atoms with Crippen molar-refractivity contribution in [3.63, 3.8) is 0 Å². The van der Waals surface area contributed by atoms with E-state index in [1.165, 1.54) is 12.3 Å². The Morgan fingerprint density at radius 3 is 3.08 bits per heavy atom. The molecule has 1 heterocycles. The number of nitrogens with zero attached hydrogens (tertiary/aromatic N) is 1. The fraction of sp³-hybridized carbons (Fsp3) is 0. The van der Waals surface area contributed by atoms with Crippen molar-refractivity contribution < 1.29 is 9.60 Å². The van der Waals surface area contributed by atoms with Gasteiger partial charge in [0.05, 0.1) is 6.21 Å². The summed E-state index contributed by atoms with van der Waals surface area (Å²) in [6.07, 6.45) is 2.79. The number of aromatic amines is 1. The van der Waals surface area contributed by atoms with Gasteiger partial charge in [-0.15, -0.1) is 0 Å². The van der Waals surface area contributed by atoms with Gasteiger partial charge in [-0.2, -0.15) is 0 Å². The van der Waals surface area contributed by atoms with Gasteiger partial charge < -0.3 is 10.2 Å². The molecule has 2 N–H and O–H groups in total. The van der Waals surface area contributed by atoms with Crippen molar-refractivity contribution in [2.75, 3.05) is 0 Å². The molecule has 2 aromatic rings. The van der Waals surface area contributed by atoms with Crippen LogP contribution in [-0.4, -0.2) is 16.4 Å². The topological polar surface area (TPSA) is 48.4 Å². The van der Waals surface area contributed by atoms with Crippen LogP contribution in [0.25, 0.3) is 10.9 Å². The highest BCUT2D eigenvalue weighted by atomic mass is 19.1. The molecule has 66 valence electrons. The molecule has 1 aromatic carbocycles. The number of benzene rings is 1. The minimum atomic E-state index is -0.325. The molecule has 0 atom stereocenters. The number of hydrogen-bond acceptors (Lipinski definition) is 2. The van der Waals surface area contributed by atoms with Crippen LogP contribution in [0.2, 0.25) is 0 Å². The number of H-pyrrole nitrogens is 1. The van der Waals surface area contributed by atoms with Crippen molar-refractivity contribution in [3.05, 3.63) is 35.8 Å². The van der Waals surface area contributed by atoms with Crippen LogP contribution >= 0.6 is 0 Å².